The van der Waals surface area contributed by atoms with Gasteiger partial charge in [-0.1, -0.05) is 11.3 Å². The molecule has 0 spiro atoms. The molecule has 2 N–H and O–H groups in total. The van der Waals surface area contributed by atoms with E-state index < -0.39 is 0 Å². The topological polar surface area (TPSA) is 86.5 Å². The van der Waals surface area contributed by atoms with E-state index in [1.807, 2.05) is 25.0 Å². The first kappa shape index (κ1) is 18.9. The third-order valence-electron chi connectivity index (χ3n) is 5.79. The number of nitrogens with one attached hydrogen (secondary N) is 1. The average molecular weight is 384 g/mol. The summed E-state index contributed by atoms with van der Waals surface area (Å²) in [4.78, 5) is 17.3. The molecule has 0 aliphatic carbocycles. The highest BCUT2D eigenvalue weighted by Gasteiger charge is 2.43. The summed E-state index contributed by atoms with van der Waals surface area (Å²) in [6.07, 6.45) is 4.08. The van der Waals surface area contributed by atoms with Crippen LogP contribution in [0.5, 0.6) is 5.75 Å². The molecule has 2 unspecified atom stereocenters. The number of rotatable bonds is 6. The van der Waals surface area contributed by atoms with E-state index in [9.17, 15) is 9.90 Å². The van der Waals surface area contributed by atoms with E-state index in [1.54, 1.807) is 24.3 Å². The van der Waals surface area contributed by atoms with Crippen LogP contribution < -0.4 is 5.32 Å². The Labute approximate surface area is 165 Å². The number of piperidine rings is 3. The average Bonchev–Trinajstić information content (AvgIpc) is 3.08. The van der Waals surface area contributed by atoms with Crippen LogP contribution in [0.2, 0.25) is 0 Å². The second kappa shape index (κ2) is 7.89. The molecule has 150 valence electrons. The summed E-state index contributed by atoms with van der Waals surface area (Å²) in [5, 5.41) is 21.1. The fourth-order valence-electron chi connectivity index (χ4n) is 4.48. The zero-order valence-corrected chi connectivity index (χ0v) is 16.5. The maximum atomic E-state index is 12.8. The first-order chi connectivity index (χ1) is 13.5. The second-order valence-electron chi connectivity index (χ2n) is 8.25. The molecular formula is C20H28N6O2. The number of amides is 1. The lowest BCUT2D eigenvalue weighted by Gasteiger charge is -2.49. The number of carbonyl (C=O) groups excluding carboxylic acids is 1. The molecule has 3 aliphatic heterocycles. The van der Waals surface area contributed by atoms with Crippen molar-refractivity contribution in [1.29, 1.82) is 0 Å². The van der Waals surface area contributed by atoms with Crippen LogP contribution in [-0.4, -0.2) is 69.0 Å². The van der Waals surface area contributed by atoms with Gasteiger partial charge < -0.3 is 15.3 Å². The van der Waals surface area contributed by atoms with Gasteiger partial charge in [0.25, 0.3) is 0 Å². The Balaban J connectivity index is 1.36. The van der Waals surface area contributed by atoms with Crippen LogP contribution in [0.1, 0.15) is 18.5 Å². The summed E-state index contributed by atoms with van der Waals surface area (Å²) < 4.78 is 1.94. The van der Waals surface area contributed by atoms with Crippen molar-refractivity contribution < 1.29 is 9.90 Å². The highest BCUT2D eigenvalue weighted by atomic mass is 16.3. The Morgan fingerprint density at radius 1 is 1.39 bits per heavy atom. The Morgan fingerprint density at radius 3 is 2.96 bits per heavy atom. The second-order valence-corrected chi connectivity index (χ2v) is 8.25. The predicted octanol–water partition coefficient (Wildman–Crippen LogP) is 1.39. The van der Waals surface area contributed by atoms with Crippen LogP contribution in [0.15, 0.2) is 30.5 Å². The SMILES string of the molecule is CN(C)Cc1cn(C[C@H]2CC3CCN2C[C@@H]3C(=O)Nc2cccc(O)c2)nn1. The Bertz CT molecular complexity index is 836. The lowest BCUT2D eigenvalue weighted by atomic mass is 9.75. The summed E-state index contributed by atoms with van der Waals surface area (Å²) in [6.45, 7) is 3.41. The van der Waals surface area contributed by atoms with Crippen LogP contribution in [0.4, 0.5) is 5.69 Å². The molecule has 1 amide bonds. The monoisotopic (exact) mass is 384 g/mol. The number of aromatic hydroxyl groups is 1. The van der Waals surface area contributed by atoms with Gasteiger partial charge in [-0.15, -0.1) is 5.10 Å². The van der Waals surface area contributed by atoms with E-state index in [2.05, 4.69) is 25.4 Å². The van der Waals surface area contributed by atoms with Crippen molar-refractivity contribution in [3.8, 4) is 5.75 Å². The Hall–Kier alpha value is -2.45. The van der Waals surface area contributed by atoms with Crippen LogP contribution in [0.3, 0.4) is 0 Å². The number of benzene rings is 1. The van der Waals surface area contributed by atoms with Crippen LogP contribution in [0.25, 0.3) is 0 Å². The molecule has 28 heavy (non-hydrogen) atoms. The maximum absolute atomic E-state index is 12.8. The normalized spacial score (nSPS) is 26.5. The molecule has 1 aromatic heterocycles. The van der Waals surface area contributed by atoms with Gasteiger partial charge in [-0.25, -0.2) is 0 Å². The minimum absolute atomic E-state index is 0.00704. The first-order valence-electron chi connectivity index (χ1n) is 9.85. The van der Waals surface area contributed by atoms with E-state index >= 15 is 0 Å². The molecule has 0 saturated carbocycles. The van der Waals surface area contributed by atoms with Crippen molar-refractivity contribution >= 4 is 11.6 Å². The summed E-state index contributed by atoms with van der Waals surface area (Å²) >= 11 is 0. The van der Waals surface area contributed by atoms with Crippen molar-refractivity contribution in [2.24, 2.45) is 11.8 Å². The van der Waals surface area contributed by atoms with Crippen molar-refractivity contribution in [3.05, 3.63) is 36.2 Å². The first-order valence-corrected chi connectivity index (χ1v) is 9.85. The third-order valence-corrected chi connectivity index (χ3v) is 5.79. The largest absolute Gasteiger partial charge is 0.508 e. The van der Waals surface area contributed by atoms with Crippen LogP contribution in [0, 0.1) is 11.8 Å². The number of hydrogen-bond donors (Lipinski definition) is 2. The molecule has 8 heteroatoms. The molecule has 2 bridgehead atoms. The zero-order chi connectivity index (χ0) is 19.7. The molecule has 3 aliphatic rings. The van der Waals surface area contributed by atoms with Gasteiger partial charge in [0.05, 0.1) is 18.2 Å². The molecule has 3 saturated heterocycles. The molecule has 4 heterocycles. The van der Waals surface area contributed by atoms with Crippen molar-refractivity contribution in [2.75, 3.05) is 32.5 Å². The molecule has 3 fully saturated rings. The van der Waals surface area contributed by atoms with Crippen LogP contribution in [-0.2, 0) is 17.9 Å². The van der Waals surface area contributed by atoms with Gasteiger partial charge in [-0.05, 0) is 51.5 Å². The minimum Gasteiger partial charge on any atom is -0.508 e. The van der Waals surface area contributed by atoms with Gasteiger partial charge in [0.1, 0.15) is 5.75 Å². The number of nitrogens with zero attached hydrogens (tertiary/aromatic N) is 5. The van der Waals surface area contributed by atoms with Gasteiger partial charge in [0, 0.05) is 37.1 Å². The van der Waals surface area contributed by atoms with Crippen molar-refractivity contribution in [1.82, 2.24) is 24.8 Å². The molecule has 2 aromatic rings. The summed E-state index contributed by atoms with van der Waals surface area (Å²) in [5.74, 6) is 0.588. The zero-order valence-electron chi connectivity index (χ0n) is 16.5. The fraction of sp³-hybridized carbons (Fsp3) is 0.550. The van der Waals surface area contributed by atoms with Gasteiger partial charge in [0.15, 0.2) is 0 Å². The molecule has 5 rings (SSSR count). The lowest BCUT2D eigenvalue weighted by Crippen LogP contribution is -2.57. The fourth-order valence-corrected chi connectivity index (χ4v) is 4.48. The van der Waals surface area contributed by atoms with Gasteiger partial charge in [-0.2, -0.15) is 0 Å². The molecule has 4 atom stereocenters. The number of phenols is 1. The number of aromatic nitrogens is 3. The lowest BCUT2D eigenvalue weighted by molar-refractivity contribution is -0.127. The quantitative estimate of drug-likeness (QED) is 0.783. The van der Waals surface area contributed by atoms with Gasteiger partial charge in [-0.3, -0.25) is 14.4 Å². The number of hydrogen-bond acceptors (Lipinski definition) is 6. The van der Waals surface area contributed by atoms with Crippen LogP contribution >= 0.6 is 0 Å². The number of fused-ring (bicyclic) bond motifs is 3. The van der Waals surface area contributed by atoms with E-state index in [0.717, 1.165) is 44.7 Å². The smallest absolute Gasteiger partial charge is 0.229 e. The predicted molar refractivity (Wildman–Crippen MR) is 106 cm³/mol. The minimum atomic E-state index is -0.00704. The maximum Gasteiger partial charge on any atom is 0.229 e. The highest BCUT2D eigenvalue weighted by Crippen LogP contribution is 2.37. The molecule has 1 aromatic carbocycles. The summed E-state index contributed by atoms with van der Waals surface area (Å²) in [6, 6.07) is 7.12. The highest BCUT2D eigenvalue weighted by molar-refractivity contribution is 5.93. The van der Waals surface area contributed by atoms with Gasteiger partial charge in [0.2, 0.25) is 5.91 Å². The van der Waals surface area contributed by atoms with E-state index in [-0.39, 0.29) is 17.6 Å². The number of phenolic OH excluding ortho intramolecular Hbond substituents is 1. The van der Waals surface area contributed by atoms with E-state index in [1.165, 1.54) is 0 Å². The van der Waals surface area contributed by atoms with E-state index in [4.69, 9.17) is 0 Å². The number of carbonyl (C=O) groups is 1. The number of anilines is 1. The molecule has 8 nitrogen and oxygen atoms in total. The van der Waals surface area contributed by atoms with E-state index in [0.29, 0.717) is 17.6 Å². The van der Waals surface area contributed by atoms with Gasteiger partial charge >= 0.3 is 0 Å². The van der Waals surface area contributed by atoms with Crippen molar-refractivity contribution in [3.63, 3.8) is 0 Å². The summed E-state index contributed by atoms with van der Waals surface area (Å²) in [7, 11) is 4.04. The summed E-state index contributed by atoms with van der Waals surface area (Å²) in [5.41, 5.74) is 1.62. The Kier molecular flexibility index (Phi) is 5.32. The Morgan fingerprint density at radius 2 is 2.25 bits per heavy atom. The van der Waals surface area contributed by atoms with Crippen molar-refractivity contribution in [2.45, 2.75) is 32.0 Å². The standard InChI is InChI=1S/C20H28N6O2/c1-24(2)10-16-11-26(23-22-16)12-17-8-14-6-7-25(17)13-19(14)20(28)21-15-4-3-5-18(27)9-15/h3-5,9,11,14,17,19,27H,6-8,10,12-13H2,1-2H3,(H,21,28)/t14?,17-,19+/m1/s1. The molecule has 0 radical (unpaired) electrons. The molecular weight excluding hydrogens is 356 g/mol. The third kappa shape index (κ3) is 4.18.